The third-order valence-corrected chi connectivity index (χ3v) is 5.47. The van der Waals surface area contributed by atoms with Crippen molar-refractivity contribution in [3.63, 3.8) is 0 Å². The molecule has 3 aliphatic rings. The van der Waals surface area contributed by atoms with Gasteiger partial charge in [-0.25, -0.2) is 0 Å². The van der Waals surface area contributed by atoms with Gasteiger partial charge in [-0.15, -0.1) is 0 Å². The number of carbonyl (C=O) groups is 1. The highest BCUT2D eigenvalue weighted by atomic mass is 16.5. The number of amides is 1. The first-order valence-corrected chi connectivity index (χ1v) is 7.99. The Bertz CT molecular complexity index is 357. The minimum Gasteiger partial charge on any atom is -0.381 e. The lowest BCUT2D eigenvalue weighted by Gasteiger charge is -2.51. The van der Waals surface area contributed by atoms with Crippen LogP contribution in [0, 0.1) is 0 Å². The molecule has 3 saturated heterocycles. The molecule has 0 aromatic carbocycles. The van der Waals surface area contributed by atoms with Crippen LogP contribution in [0.2, 0.25) is 0 Å². The maximum absolute atomic E-state index is 11.6. The van der Waals surface area contributed by atoms with E-state index in [0.29, 0.717) is 12.5 Å². The summed E-state index contributed by atoms with van der Waals surface area (Å²) >= 11 is 0. The average Bonchev–Trinajstić information content (AvgIpc) is 2.66. The number of hydrogen-bond acceptors (Lipinski definition) is 4. The normalized spacial score (nSPS) is 35.0. The summed E-state index contributed by atoms with van der Waals surface area (Å²) in [6.45, 7) is 6.03. The van der Waals surface area contributed by atoms with Crippen LogP contribution in [0.15, 0.2) is 0 Å². The van der Waals surface area contributed by atoms with Gasteiger partial charge in [-0.2, -0.15) is 0 Å². The molecule has 0 aromatic heterocycles. The molecule has 0 aromatic rings. The number of carbonyl (C=O) groups excluding carboxylic acids is 1. The molecule has 0 radical (unpaired) electrons. The van der Waals surface area contributed by atoms with Crippen molar-refractivity contribution in [1.29, 1.82) is 0 Å². The van der Waals surface area contributed by atoms with Crippen molar-refractivity contribution in [3.05, 3.63) is 0 Å². The van der Waals surface area contributed by atoms with E-state index in [1.807, 2.05) is 0 Å². The van der Waals surface area contributed by atoms with Crippen LogP contribution in [0.25, 0.3) is 0 Å². The Morgan fingerprint density at radius 3 is 2.85 bits per heavy atom. The fourth-order valence-corrected chi connectivity index (χ4v) is 3.99. The zero-order valence-corrected chi connectivity index (χ0v) is 12.6. The van der Waals surface area contributed by atoms with Crippen LogP contribution < -0.4 is 5.32 Å². The highest BCUT2D eigenvalue weighted by Gasteiger charge is 2.42. The molecule has 5 heteroatoms. The van der Waals surface area contributed by atoms with Gasteiger partial charge < -0.3 is 10.1 Å². The van der Waals surface area contributed by atoms with E-state index in [2.05, 4.69) is 22.2 Å². The lowest BCUT2D eigenvalue weighted by molar-refractivity contribution is -0.121. The minimum atomic E-state index is 0.190. The predicted octanol–water partition coefficient (Wildman–Crippen LogP) is 0.452. The Labute approximate surface area is 121 Å². The molecule has 3 rings (SSSR count). The van der Waals surface area contributed by atoms with Crippen LogP contribution in [-0.4, -0.2) is 73.7 Å². The number of piperazine rings is 1. The van der Waals surface area contributed by atoms with Gasteiger partial charge in [-0.05, 0) is 32.7 Å². The lowest BCUT2D eigenvalue weighted by atomic mass is 9.85. The zero-order chi connectivity index (χ0) is 14.0. The van der Waals surface area contributed by atoms with Crippen LogP contribution in [0.1, 0.15) is 32.1 Å². The summed E-state index contributed by atoms with van der Waals surface area (Å²) in [5, 5.41) is 3.03. The summed E-state index contributed by atoms with van der Waals surface area (Å²) in [4.78, 5) is 16.8. The van der Waals surface area contributed by atoms with Crippen molar-refractivity contribution in [2.75, 3.05) is 46.4 Å². The van der Waals surface area contributed by atoms with Gasteiger partial charge in [0.2, 0.25) is 5.91 Å². The molecule has 1 atom stereocenters. The van der Waals surface area contributed by atoms with Crippen LogP contribution in [-0.2, 0) is 9.53 Å². The SMILES string of the molecule is CN1CCN(C2CCOCC2)CC12CCNC(=O)CC2. The molecule has 3 aliphatic heterocycles. The minimum absolute atomic E-state index is 0.190. The first-order chi connectivity index (χ1) is 9.70. The molecule has 1 unspecified atom stereocenters. The van der Waals surface area contributed by atoms with E-state index in [-0.39, 0.29) is 11.4 Å². The highest BCUT2D eigenvalue weighted by molar-refractivity contribution is 5.76. The van der Waals surface area contributed by atoms with Crippen molar-refractivity contribution >= 4 is 5.91 Å². The van der Waals surface area contributed by atoms with E-state index in [1.54, 1.807) is 0 Å². The average molecular weight is 281 g/mol. The second-order valence-electron chi connectivity index (χ2n) is 6.56. The Kier molecular flexibility index (Phi) is 4.29. The number of nitrogens with zero attached hydrogens (tertiary/aromatic N) is 2. The van der Waals surface area contributed by atoms with E-state index in [1.165, 1.54) is 0 Å². The quantitative estimate of drug-likeness (QED) is 0.758. The molecular formula is C15H27N3O2. The molecule has 114 valence electrons. The first-order valence-electron chi connectivity index (χ1n) is 7.99. The summed E-state index contributed by atoms with van der Waals surface area (Å²) in [5.74, 6) is 0.221. The summed E-state index contributed by atoms with van der Waals surface area (Å²) in [6, 6.07) is 0.682. The highest BCUT2D eigenvalue weighted by Crippen LogP contribution is 2.32. The van der Waals surface area contributed by atoms with Crippen molar-refractivity contribution in [3.8, 4) is 0 Å². The predicted molar refractivity (Wildman–Crippen MR) is 77.6 cm³/mol. The topological polar surface area (TPSA) is 44.8 Å². The Hall–Kier alpha value is -0.650. The van der Waals surface area contributed by atoms with Gasteiger partial charge in [0.1, 0.15) is 0 Å². The molecule has 3 fully saturated rings. The van der Waals surface area contributed by atoms with Gasteiger partial charge in [0, 0.05) is 57.4 Å². The van der Waals surface area contributed by atoms with Crippen molar-refractivity contribution in [2.45, 2.75) is 43.7 Å². The third-order valence-electron chi connectivity index (χ3n) is 5.47. The number of likely N-dealkylation sites (N-methyl/N-ethyl adjacent to an activating group) is 1. The van der Waals surface area contributed by atoms with Gasteiger partial charge in [0.15, 0.2) is 0 Å². The molecular weight excluding hydrogens is 254 g/mol. The number of hydrogen-bond donors (Lipinski definition) is 1. The molecule has 1 N–H and O–H groups in total. The third kappa shape index (κ3) is 2.85. The molecule has 1 spiro atoms. The summed E-state index contributed by atoms with van der Waals surface area (Å²) in [6.07, 6.45) is 5.07. The Morgan fingerprint density at radius 2 is 2.05 bits per heavy atom. The van der Waals surface area contributed by atoms with E-state index in [9.17, 15) is 4.79 Å². The molecule has 0 aliphatic carbocycles. The number of nitrogens with one attached hydrogen (secondary N) is 1. The monoisotopic (exact) mass is 281 g/mol. The Morgan fingerprint density at radius 1 is 1.25 bits per heavy atom. The van der Waals surface area contributed by atoms with E-state index in [0.717, 1.165) is 65.1 Å². The van der Waals surface area contributed by atoms with E-state index < -0.39 is 0 Å². The van der Waals surface area contributed by atoms with Crippen LogP contribution in [0.5, 0.6) is 0 Å². The van der Waals surface area contributed by atoms with Gasteiger partial charge in [-0.1, -0.05) is 0 Å². The summed E-state index contributed by atoms with van der Waals surface area (Å²) in [5.41, 5.74) is 0.190. The molecule has 20 heavy (non-hydrogen) atoms. The van der Waals surface area contributed by atoms with Gasteiger partial charge in [0.05, 0.1) is 0 Å². The van der Waals surface area contributed by atoms with E-state index in [4.69, 9.17) is 4.74 Å². The zero-order valence-electron chi connectivity index (χ0n) is 12.6. The Balaban J connectivity index is 1.70. The van der Waals surface area contributed by atoms with Crippen LogP contribution >= 0.6 is 0 Å². The van der Waals surface area contributed by atoms with Crippen LogP contribution in [0.4, 0.5) is 0 Å². The van der Waals surface area contributed by atoms with Crippen molar-refractivity contribution in [2.24, 2.45) is 0 Å². The standard InChI is InChI=1S/C15H27N3O2/c1-17-8-9-18(13-3-10-20-11-4-13)12-15(17)5-2-14(19)16-7-6-15/h13H,2-12H2,1H3,(H,16,19). The maximum Gasteiger partial charge on any atom is 0.220 e. The van der Waals surface area contributed by atoms with Crippen molar-refractivity contribution in [1.82, 2.24) is 15.1 Å². The van der Waals surface area contributed by atoms with Gasteiger partial charge in [0.25, 0.3) is 0 Å². The lowest BCUT2D eigenvalue weighted by Crippen LogP contribution is -2.63. The smallest absolute Gasteiger partial charge is 0.220 e. The summed E-state index contributed by atoms with van der Waals surface area (Å²) in [7, 11) is 2.23. The fourth-order valence-electron chi connectivity index (χ4n) is 3.99. The maximum atomic E-state index is 11.6. The van der Waals surface area contributed by atoms with Crippen molar-refractivity contribution < 1.29 is 9.53 Å². The van der Waals surface area contributed by atoms with Gasteiger partial charge in [-0.3, -0.25) is 14.6 Å². The van der Waals surface area contributed by atoms with Crippen LogP contribution in [0.3, 0.4) is 0 Å². The number of rotatable bonds is 1. The van der Waals surface area contributed by atoms with E-state index >= 15 is 0 Å². The molecule has 0 saturated carbocycles. The number of ether oxygens (including phenoxy) is 1. The molecule has 1 amide bonds. The first kappa shape index (κ1) is 14.3. The molecule has 3 heterocycles. The molecule has 0 bridgehead atoms. The van der Waals surface area contributed by atoms with Gasteiger partial charge >= 0.3 is 0 Å². The second-order valence-corrected chi connectivity index (χ2v) is 6.56. The largest absolute Gasteiger partial charge is 0.381 e. The fraction of sp³-hybridized carbons (Fsp3) is 0.933. The second kappa shape index (κ2) is 6.00. The summed E-state index contributed by atoms with van der Waals surface area (Å²) < 4.78 is 5.49. The molecule has 5 nitrogen and oxygen atoms in total.